The van der Waals surface area contributed by atoms with E-state index in [1.165, 1.54) is 110 Å². The first kappa shape index (κ1) is 35.4. The molecule has 0 spiro atoms. The lowest BCUT2D eigenvalue weighted by Gasteiger charge is -2.29. The largest absolute Gasteiger partial charge is 0.464 e. The number of hydrogen-bond donors (Lipinski definition) is 1. The fraction of sp³-hybridized carbons (Fsp3) is 0.903. The summed E-state index contributed by atoms with van der Waals surface area (Å²) < 4.78 is 10.2. The summed E-state index contributed by atoms with van der Waals surface area (Å²) in [6.45, 7) is 7.21. The van der Waals surface area contributed by atoms with Crippen molar-refractivity contribution in [2.24, 2.45) is 0 Å². The van der Waals surface area contributed by atoms with E-state index in [1.807, 2.05) is 0 Å². The van der Waals surface area contributed by atoms with Crippen LogP contribution in [0.15, 0.2) is 0 Å². The van der Waals surface area contributed by atoms with Gasteiger partial charge in [0.1, 0.15) is 0 Å². The van der Waals surface area contributed by atoms with Gasteiger partial charge in [0.2, 0.25) is 11.4 Å². The van der Waals surface area contributed by atoms with Crippen LogP contribution in [0.1, 0.15) is 163 Å². The Bertz CT molecular complexity index is 560. The fourth-order valence-electron chi connectivity index (χ4n) is 4.91. The molecule has 0 atom stereocenters. The molecule has 0 aromatic carbocycles. The third kappa shape index (κ3) is 18.3. The summed E-state index contributed by atoms with van der Waals surface area (Å²) in [7, 11) is 0. The van der Waals surface area contributed by atoms with Gasteiger partial charge in [-0.2, -0.15) is 0 Å². The van der Waals surface area contributed by atoms with E-state index in [0.29, 0.717) is 6.42 Å². The van der Waals surface area contributed by atoms with Crippen LogP contribution in [0.4, 0.5) is 0 Å². The molecule has 6 heteroatoms. The van der Waals surface area contributed by atoms with Gasteiger partial charge >= 0.3 is 11.9 Å². The van der Waals surface area contributed by atoms with Crippen molar-refractivity contribution < 1.29 is 23.9 Å². The van der Waals surface area contributed by atoms with Crippen LogP contribution in [-0.4, -0.2) is 36.6 Å². The van der Waals surface area contributed by atoms with Crippen molar-refractivity contribution in [3.63, 3.8) is 0 Å². The van der Waals surface area contributed by atoms with E-state index < -0.39 is 23.4 Å². The van der Waals surface area contributed by atoms with Crippen molar-refractivity contribution in [3.05, 3.63) is 0 Å². The molecular formula is C31H59NO5. The Balaban J connectivity index is 3.86. The molecule has 0 heterocycles. The first-order chi connectivity index (χ1) is 17.9. The van der Waals surface area contributed by atoms with Gasteiger partial charge in [0.05, 0.1) is 13.2 Å². The molecule has 1 N–H and O–H groups in total. The lowest BCUT2D eigenvalue weighted by atomic mass is 9.91. The minimum absolute atomic E-state index is 0.138. The normalized spacial score (nSPS) is 11.4. The zero-order valence-electron chi connectivity index (χ0n) is 24.8. The van der Waals surface area contributed by atoms with Crippen LogP contribution >= 0.6 is 0 Å². The summed E-state index contributed by atoms with van der Waals surface area (Å²) >= 11 is 0. The standard InChI is InChI=1S/C31H59NO5/c1-5-8-9-10-11-12-13-14-15-16-17-18-19-20-21-22-23-24-25-26-27-31(32-28(4)33,29(34)36-6-2)30(35)37-7-3/h5-27H2,1-4H3,(H,32,33). The van der Waals surface area contributed by atoms with Gasteiger partial charge in [0.15, 0.2) is 0 Å². The predicted octanol–water partition coefficient (Wildman–Crippen LogP) is 8.20. The molecule has 1 amide bonds. The van der Waals surface area contributed by atoms with Crippen LogP contribution in [0.5, 0.6) is 0 Å². The van der Waals surface area contributed by atoms with E-state index in [2.05, 4.69) is 12.2 Å². The average molecular weight is 526 g/mol. The number of carbonyl (C=O) groups is 3. The lowest BCUT2D eigenvalue weighted by Crippen LogP contribution is -2.61. The smallest absolute Gasteiger partial charge is 0.343 e. The van der Waals surface area contributed by atoms with Crippen LogP contribution in [0, 0.1) is 0 Å². The third-order valence-corrected chi connectivity index (χ3v) is 7.04. The highest BCUT2D eigenvalue weighted by Crippen LogP contribution is 2.21. The zero-order chi connectivity index (χ0) is 27.6. The second-order valence-electron chi connectivity index (χ2n) is 10.5. The number of rotatable bonds is 26. The Morgan fingerprint density at radius 3 is 1.08 bits per heavy atom. The molecule has 0 rings (SSSR count). The second kappa shape index (κ2) is 24.7. The second-order valence-corrected chi connectivity index (χ2v) is 10.5. The van der Waals surface area contributed by atoms with E-state index in [-0.39, 0.29) is 19.6 Å². The molecule has 0 aromatic rings. The van der Waals surface area contributed by atoms with E-state index in [0.717, 1.165) is 19.3 Å². The molecule has 0 aromatic heterocycles. The Hall–Kier alpha value is -1.59. The fourth-order valence-corrected chi connectivity index (χ4v) is 4.91. The van der Waals surface area contributed by atoms with Gasteiger partial charge < -0.3 is 14.8 Å². The van der Waals surface area contributed by atoms with E-state index >= 15 is 0 Å². The Labute approximate surface area is 228 Å². The predicted molar refractivity (Wildman–Crippen MR) is 152 cm³/mol. The van der Waals surface area contributed by atoms with Crippen LogP contribution in [0.2, 0.25) is 0 Å². The average Bonchev–Trinajstić information content (AvgIpc) is 2.86. The van der Waals surface area contributed by atoms with Crippen molar-refractivity contribution in [1.29, 1.82) is 0 Å². The van der Waals surface area contributed by atoms with Gasteiger partial charge in [0, 0.05) is 6.92 Å². The Morgan fingerprint density at radius 2 is 0.811 bits per heavy atom. The monoisotopic (exact) mass is 525 g/mol. The number of nitrogens with one attached hydrogen (secondary N) is 1. The molecule has 6 nitrogen and oxygen atoms in total. The summed E-state index contributed by atoms with van der Waals surface area (Å²) in [5, 5.41) is 2.54. The van der Waals surface area contributed by atoms with Crippen molar-refractivity contribution in [2.45, 2.75) is 168 Å². The van der Waals surface area contributed by atoms with Crippen molar-refractivity contribution >= 4 is 17.8 Å². The highest BCUT2D eigenvalue weighted by atomic mass is 16.6. The molecule has 0 unspecified atom stereocenters. The van der Waals surface area contributed by atoms with Gasteiger partial charge in [0.25, 0.3) is 0 Å². The summed E-state index contributed by atoms with van der Waals surface area (Å²) in [4.78, 5) is 37.0. The Morgan fingerprint density at radius 1 is 0.514 bits per heavy atom. The summed E-state index contributed by atoms with van der Waals surface area (Å²) in [5.41, 5.74) is -1.74. The van der Waals surface area contributed by atoms with Gasteiger partial charge in [-0.1, -0.05) is 129 Å². The molecule has 0 saturated heterocycles. The quantitative estimate of drug-likeness (QED) is 0.0699. The number of esters is 2. The number of amides is 1. The first-order valence-electron chi connectivity index (χ1n) is 15.6. The number of unbranched alkanes of at least 4 members (excludes halogenated alkanes) is 19. The molecule has 0 fully saturated rings. The maximum Gasteiger partial charge on any atom is 0.343 e. The molecule has 37 heavy (non-hydrogen) atoms. The van der Waals surface area contributed by atoms with Crippen molar-refractivity contribution in [3.8, 4) is 0 Å². The molecule has 0 radical (unpaired) electrons. The van der Waals surface area contributed by atoms with Gasteiger partial charge in [-0.15, -0.1) is 0 Å². The summed E-state index contributed by atoms with van der Waals surface area (Å²) in [6.07, 6.45) is 26.0. The van der Waals surface area contributed by atoms with E-state index in [9.17, 15) is 14.4 Å². The van der Waals surface area contributed by atoms with Gasteiger partial charge in [-0.05, 0) is 26.7 Å². The van der Waals surface area contributed by atoms with E-state index in [4.69, 9.17) is 9.47 Å². The third-order valence-electron chi connectivity index (χ3n) is 7.04. The molecule has 0 aliphatic heterocycles. The van der Waals surface area contributed by atoms with E-state index in [1.54, 1.807) is 13.8 Å². The Kier molecular flexibility index (Phi) is 23.7. The van der Waals surface area contributed by atoms with Crippen LogP contribution < -0.4 is 5.32 Å². The molecular weight excluding hydrogens is 466 g/mol. The molecule has 0 aliphatic carbocycles. The summed E-state index contributed by atoms with van der Waals surface area (Å²) in [6, 6.07) is 0. The zero-order valence-corrected chi connectivity index (χ0v) is 24.8. The first-order valence-corrected chi connectivity index (χ1v) is 15.6. The molecule has 218 valence electrons. The highest BCUT2D eigenvalue weighted by molar-refractivity contribution is 6.07. The molecule has 0 aliphatic rings. The number of hydrogen-bond acceptors (Lipinski definition) is 5. The molecule has 0 bridgehead atoms. The number of carbonyl (C=O) groups excluding carboxylic acids is 3. The van der Waals surface area contributed by atoms with Gasteiger partial charge in [-0.25, -0.2) is 9.59 Å². The summed E-state index contributed by atoms with van der Waals surface area (Å²) in [5.74, 6) is -1.92. The van der Waals surface area contributed by atoms with Crippen LogP contribution in [0.3, 0.4) is 0 Å². The van der Waals surface area contributed by atoms with Crippen molar-refractivity contribution in [2.75, 3.05) is 13.2 Å². The van der Waals surface area contributed by atoms with Crippen LogP contribution in [-0.2, 0) is 23.9 Å². The minimum atomic E-state index is -1.74. The van der Waals surface area contributed by atoms with Crippen molar-refractivity contribution in [1.82, 2.24) is 5.32 Å². The number of ether oxygens (including phenoxy) is 2. The van der Waals surface area contributed by atoms with Gasteiger partial charge in [-0.3, -0.25) is 4.79 Å². The topological polar surface area (TPSA) is 81.7 Å². The highest BCUT2D eigenvalue weighted by Gasteiger charge is 2.49. The lowest BCUT2D eigenvalue weighted by molar-refractivity contribution is -0.168. The SMILES string of the molecule is CCCCCCCCCCCCCCCCCCCCCCC(NC(C)=O)(C(=O)OCC)C(=O)OCC. The minimum Gasteiger partial charge on any atom is -0.464 e. The van der Waals surface area contributed by atoms with Crippen LogP contribution in [0.25, 0.3) is 0 Å². The molecule has 0 saturated carbocycles. The maximum absolute atomic E-state index is 12.6. The maximum atomic E-state index is 12.6.